The lowest BCUT2D eigenvalue weighted by molar-refractivity contribution is 1.08. The number of rotatable bonds is 2. The molecular formula is C50H28N4. The summed E-state index contributed by atoms with van der Waals surface area (Å²) in [5, 5.41) is 15.8. The van der Waals surface area contributed by atoms with Crippen LogP contribution < -0.4 is 0 Å². The van der Waals surface area contributed by atoms with Crippen LogP contribution in [0.5, 0.6) is 0 Å². The third-order valence-corrected chi connectivity index (χ3v) is 11.8. The molecule has 0 saturated heterocycles. The van der Waals surface area contributed by atoms with Crippen LogP contribution in [0.15, 0.2) is 170 Å². The molecule has 4 heteroatoms. The highest BCUT2D eigenvalue weighted by Gasteiger charge is 2.26. The summed E-state index contributed by atoms with van der Waals surface area (Å²) in [6.45, 7) is 0. The molecule has 54 heavy (non-hydrogen) atoms. The van der Waals surface area contributed by atoms with Crippen molar-refractivity contribution in [2.24, 2.45) is 0 Å². The molecule has 0 aliphatic carbocycles. The highest BCUT2D eigenvalue weighted by atomic mass is 15.1. The summed E-state index contributed by atoms with van der Waals surface area (Å²) in [6.07, 6.45) is 0. The molecule has 0 aliphatic heterocycles. The number of hydrogen-bond acceptors (Lipinski definition) is 2. The van der Waals surface area contributed by atoms with Gasteiger partial charge in [-0.1, -0.05) is 133 Å². The average molecular weight is 685 g/mol. The first-order valence-corrected chi connectivity index (χ1v) is 18.5. The van der Waals surface area contributed by atoms with E-state index in [4.69, 9.17) is 9.97 Å². The fourth-order valence-corrected chi connectivity index (χ4v) is 9.48. The standard InChI is InChI=1S/C50H28N4/c1-3-13-33-29(11-1)21-22-31-23-24-32(27-39(31)33)49-51-42-18-8-5-16-37(42)50(52-49)54-43-19-9-6-15-35(43)40-28-41-36-26-25-30-12-2-4-14-34(30)46(36)53-44-20-10-7-17-38(44)45(47(41)53)48(40)54/h1-28H. The second-order valence-electron chi connectivity index (χ2n) is 14.5. The zero-order chi connectivity index (χ0) is 35.1. The third kappa shape index (κ3) is 3.57. The molecule has 13 aromatic rings. The Balaban J connectivity index is 1.21. The molecule has 0 unspecified atom stereocenters. The van der Waals surface area contributed by atoms with Crippen molar-refractivity contribution in [3.8, 4) is 17.2 Å². The van der Waals surface area contributed by atoms with Crippen molar-refractivity contribution < 1.29 is 0 Å². The van der Waals surface area contributed by atoms with E-state index in [-0.39, 0.29) is 0 Å². The van der Waals surface area contributed by atoms with E-state index in [0.29, 0.717) is 5.82 Å². The van der Waals surface area contributed by atoms with Gasteiger partial charge in [-0.15, -0.1) is 0 Å². The number of nitrogens with zero attached hydrogens (tertiary/aromatic N) is 4. The van der Waals surface area contributed by atoms with Crippen molar-refractivity contribution in [1.82, 2.24) is 18.9 Å². The predicted molar refractivity (Wildman–Crippen MR) is 226 cm³/mol. The fraction of sp³-hybridized carbons (Fsp3) is 0. The van der Waals surface area contributed by atoms with Gasteiger partial charge in [-0.2, -0.15) is 0 Å². The van der Waals surface area contributed by atoms with Crippen LogP contribution in [0, 0.1) is 0 Å². The van der Waals surface area contributed by atoms with E-state index < -0.39 is 0 Å². The molecule has 0 spiro atoms. The van der Waals surface area contributed by atoms with Crippen LogP contribution in [0.1, 0.15) is 0 Å². The van der Waals surface area contributed by atoms with Crippen molar-refractivity contribution >= 4 is 103 Å². The van der Waals surface area contributed by atoms with Crippen LogP contribution in [0.3, 0.4) is 0 Å². The van der Waals surface area contributed by atoms with Crippen molar-refractivity contribution in [3.63, 3.8) is 0 Å². The summed E-state index contributed by atoms with van der Waals surface area (Å²) in [5.41, 5.74) is 7.93. The van der Waals surface area contributed by atoms with E-state index in [1.54, 1.807) is 0 Å². The molecule has 4 nitrogen and oxygen atoms in total. The summed E-state index contributed by atoms with van der Waals surface area (Å²) >= 11 is 0. The van der Waals surface area contributed by atoms with Gasteiger partial charge in [0.1, 0.15) is 5.82 Å². The molecular weight excluding hydrogens is 657 g/mol. The van der Waals surface area contributed by atoms with Gasteiger partial charge >= 0.3 is 0 Å². The molecule has 13 rings (SSSR count). The monoisotopic (exact) mass is 684 g/mol. The number of benzene rings is 9. The Morgan fingerprint density at radius 1 is 0.352 bits per heavy atom. The van der Waals surface area contributed by atoms with E-state index in [0.717, 1.165) is 27.8 Å². The van der Waals surface area contributed by atoms with E-state index >= 15 is 0 Å². The van der Waals surface area contributed by atoms with E-state index in [2.05, 4.69) is 179 Å². The van der Waals surface area contributed by atoms with Gasteiger partial charge in [0.2, 0.25) is 0 Å². The van der Waals surface area contributed by atoms with Crippen molar-refractivity contribution in [3.05, 3.63) is 170 Å². The topological polar surface area (TPSA) is 35.1 Å². The highest BCUT2D eigenvalue weighted by molar-refractivity contribution is 6.35. The average Bonchev–Trinajstić information content (AvgIpc) is 3.87. The van der Waals surface area contributed by atoms with Crippen molar-refractivity contribution in [2.75, 3.05) is 0 Å². The number of aromatic nitrogens is 4. The summed E-state index contributed by atoms with van der Waals surface area (Å²) in [7, 11) is 0. The lowest BCUT2D eigenvalue weighted by atomic mass is 10.00. The number of fused-ring (bicyclic) bond motifs is 16. The van der Waals surface area contributed by atoms with Gasteiger partial charge in [-0.25, -0.2) is 9.97 Å². The predicted octanol–water partition coefficient (Wildman–Crippen LogP) is 13.0. The van der Waals surface area contributed by atoms with Gasteiger partial charge in [0.05, 0.1) is 33.1 Å². The first-order chi connectivity index (χ1) is 26.8. The molecule has 0 aliphatic rings. The second kappa shape index (κ2) is 10.2. The van der Waals surface area contributed by atoms with E-state index in [9.17, 15) is 0 Å². The van der Waals surface area contributed by atoms with E-state index in [1.165, 1.54) is 86.7 Å². The lowest BCUT2D eigenvalue weighted by Gasteiger charge is -2.14. The molecule has 0 N–H and O–H groups in total. The summed E-state index contributed by atoms with van der Waals surface area (Å²) in [5.74, 6) is 1.59. The number of para-hydroxylation sites is 3. The first kappa shape index (κ1) is 28.3. The van der Waals surface area contributed by atoms with Crippen LogP contribution in [-0.4, -0.2) is 18.9 Å². The fourth-order valence-electron chi connectivity index (χ4n) is 9.48. The number of hydrogen-bond donors (Lipinski definition) is 0. The minimum atomic E-state index is 0.711. The lowest BCUT2D eigenvalue weighted by Crippen LogP contribution is -2.03. The van der Waals surface area contributed by atoms with Gasteiger partial charge in [-0.3, -0.25) is 4.57 Å². The second-order valence-corrected chi connectivity index (χ2v) is 14.5. The molecule has 0 amide bonds. The normalized spacial score (nSPS) is 12.4. The molecule has 0 fully saturated rings. The Labute approximate surface area is 308 Å². The Kier molecular flexibility index (Phi) is 5.34. The molecule has 4 heterocycles. The quantitative estimate of drug-likeness (QED) is 0.170. The van der Waals surface area contributed by atoms with Crippen LogP contribution in [0.25, 0.3) is 120 Å². The summed E-state index contributed by atoms with van der Waals surface area (Å²) < 4.78 is 4.94. The Hall–Kier alpha value is -7.30. The highest BCUT2D eigenvalue weighted by Crippen LogP contribution is 2.48. The van der Waals surface area contributed by atoms with Crippen LogP contribution in [-0.2, 0) is 0 Å². The maximum absolute atomic E-state index is 5.56. The van der Waals surface area contributed by atoms with Gasteiger partial charge in [-0.05, 0) is 63.3 Å². The molecule has 0 atom stereocenters. The van der Waals surface area contributed by atoms with Crippen LogP contribution in [0.4, 0.5) is 0 Å². The van der Waals surface area contributed by atoms with Gasteiger partial charge in [0.25, 0.3) is 0 Å². The molecule has 0 bridgehead atoms. The summed E-state index contributed by atoms with van der Waals surface area (Å²) in [6, 6.07) is 61.6. The Morgan fingerprint density at radius 2 is 0.963 bits per heavy atom. The van der Waals surface area contributed by atoms with Gasteiger partial charge < -0.3 is 4.40 Å². The molecule has 4 aromatic heterocycles. The van der Waals surface area contributed by atoms with Crippen molar-refractivity contribution in [1.29, 1.82) is 0 Å². The zero-order valence-electron chi connectivity index (χ0n) is 29.0. The maximum Gasteiger partial charge on any atom is 0.162 e. The molecule has 0 saturated carbocycles. The van der Waals surface area contributed by atoms with E-state index in [1.807, 2.05) is 0 Å². The summed E-state index contributed by atoms with van der Waals surface area (Å²) in [4.78, 5) is 10.8. The van der Waals surface area contributed by atoms with Gasteiger partial charge in [0, 0.05) is 48.7 Å². The van der Waals surface area contributed by atoms with Gasteiger partial charge in [0.15, 0.2) is 5.82 Å². The minimum absolute atomic E-state index is 0.711. The molecule has 0 radical (unpaired) electrons. The largest absolute Gasteiger partial charge is 0.307 e. The van der Waals surface area contributed by atoms with Crippen LogP contribution in [0.2, 0.25) is 0 Å². The Morgan fingerprint density at radius 3 is 1.81 bits per heavy atom. The zero-order valence-corrected chi connectivity index (χ0v) is 29.0. The molecule has 248 valence electrons. The third-order valence-electron chi connectivity index (χ3n) is 11.8. The Bertz CT molecular complexity index is 3740. The smallest absolute Gasteiger partial charge is 0.162 e. The van der Waals surface area contributed by atoms with Crippen molar-refractivity contribution in [2.45, 2.75) is 0 Å². The van der Waals surface area contributed by atoms with Crippen LogP contribution >= 0.6 is 0 Å². The maximum atomic E-state index is 5.56. The molecule has 9 aromatic carbocycles. The first-order valence-electron chi connectivity index (χ1n) is 18.5. The minimum Gasteiger partial charge on any atom is -0.307 e. The SMILES string of the molecule is c1ccc2c(c1)ccc1ccc(-c3nc(-n4c5ccccc5c5cc6c7ccc8ccccc8c7n7c8ccccc8c(c54)c67)c4ccccc4n3)cc12.